The van der Waals surface area contributed by atoms with E-state index in [0.717, 1.165) is 5.56 Å². The van der Waals surface area contributed by atoms with Gasteiger partial charge in [-0.25, -0.2) is 5.48 Å². The van der Waals surface area contributed by atoms with Crippen LogP contribution >= 0.6 is 0 Å². The van der Waals surface area contributed by atoms with E-state index in [-0.39, 0.29) is 11.6 Å². The van der Waals surface area contributed by atoms with Crippen molar-refractivity contribution in [3.05, 3.63) is 35.4 Å². The molecule has 14 heavy (non-hydrogen) atoms. The average molecular weight is 192 g/mol. The number of amidine groups is 1. The molecule has 2 N–H and O–H groups in total. The summed E-state index contributed by atoms with van der Waals surface area (Å²) >= 11 is 0. The number of rotatable bonds is 2. The van der Waals surface area contributed by atoms with Crippen LogP contribution in [0.5, 0.6) is 0 Å². The molecule has 1 aromatic rings. The summed E-state index contributed by atoms with van der Waals surface area (Å²) in [6.45, 7) is 1.94. The van der Waals surface area contributed by atoms with Crippen molar-refractivity contribution in [2.75, 3.05) is 7.05 Å². The summed E-state index contributed by atoms with van der Waals surface area (Å²) in [5, 5.41) is 8.61. The molecule has 0 fully saturated rings. The molecule has 0 radical (unpaired) electrons. The number of nitrogens with zero attached hydrogens (tertiary/aromatic N) is 1. The zero-order chi connectivity index (χ0) is 10.6. The van der Waals surface area contributed by atoms with Gasteiger partial charge in [0.05, 0.1) is 0 Å². The van der Waals surface area contributed by atoms with Crippen molar-refractivity contribution >= 4 is 11.6 Å². The minimum atomic E-state index is -0.324. The molecule has 0 unspecified atom stereocenters. The second-order valence-corrected chi connectivity index (χ2v) is 2.88. The summed E-state index contributed by atoms with van der Waals surface area (Å²) in [4.78, 5) is 15.2. The first-order valence-corrected chi connectivity index (χ1v) is 4.17. The van der Waals surface area contributed by atoms with E-state index in [9.17, 15) is 4.79 Å². The van der Waals surface area contributed by atoms with Crippen molar-refractivity contribution in [2.45, 2.75) is 6.92 Å². The Morgan fingerprint density at radius 1 is 1.36 bits per heavy atom. The monoisotopic (exact) mass is 192 g/mol. The third-order valence-corrected chi connectivity index (χ3v) is 1.86. The number of benzene rings is 1. The molecule has 0 atom stereocenters. The lowest BCUT2D eigenvalue weighted by molar-refractivity contribution is 0.104. The molecule has 74 valence electrons. The Kier molecular flexibility index (Phi) is 3.36. The van der Waals surface area contributed by atoms with Crippen molar-refractivity contribution in [3.63, 3.8) is 0 Å². The van der Waals surface area contributed by atoms with E-state index in [1.807, 2.05) is 19.1 Å². The van der Waals surface area contributed by atoms with Crippen LogP contribution in [0.3, 0.4) is 0 Å². The number of hydrogen-bond acceptors (Lipinski definition) is 3. The Labute approximate surface area is 82.2 Å². The smallest absolute Gasteiger partial charge is 0.229 e. The van der Waals surface area contributed by atoms with E-state index in [1.54, 1.807) is 17.6 Å². The highest BCUT2D eigenvalue weighted by molar-refractivity contribution is 6.44. The Morgan fingerprint density at radius 3 is 2.36 bits per heavy atom. The molecule has 0 aliphatic heterocycles. The van der Waals surface area contributed by atoms with Crippen molar-refractivity contribution < 1.29 is 10.0 Å². The van der Waals surface area contributed by atoms with Gasteiger partial charge in [-0.3, -0.25) is 15.0 Å². The average Bonchev–Trinajstić information content (AvgIpc) is 2.20. The van der Waals surface area contributed by atoms with Gasteiger partial charge in [-0.15, -0.1) is 0 Å². The lowest BCUT2D eigenvalue weighted by Gasteiger charge is -2.02. The predicted molar refractivity (Wildman–Crippen MR) is 53.8 cm³/mol. The fourth-order valence-electron chi connectivity index (χ4n) is 1.04. The zero-order valence-electron chi connectivity index (χ0n) is 8.11. The highest BCUT2D eigenvalue weighted by Crippen LogP contribution is 2.04. The lowest BCUT2D eigenvalue weighted by atomic mass is 10.1. The number of carbonyl (C=O) groups excluding carboxylic acids is 1. The van der Waals surface area contributed by atoms with Crippen LogP contribution in [-0.4, -0.2) is 23.9 Å². The van der Waals surface area contributed by atoms with Crippen LogP contribution in [0.2, 0.25) is 0 Å². The maximum Gasteiger partial charge on any atom is 0.229 e. The largest absolute Gasteiger partial charge is 0.290 e. The zero-order valence-corrected chi connectivity index (χ0v) is 8.11. The third kappa shape index (κ3) is 2.17. The molecule has 0 bridgehead atoms. The molecule has 0 amide bonds. The molecule has 0 aliphatic rings. The third-order valence-electron chi connectivity index (χ3n) is 1.86. The van der Waals surface area contributed by atoms with Crippen LogP contribution in [0.4, 0.5) is 0 Å². The highest BCUT2D eigenvalue weighted by Gasteiger charge is 2.11. The Bertz CT molecular complexity index is 355. The van der Waals surface area contributed by atoms with E-state index >= 15 is 0 Å². The van der Waals surface area contributed by atoms with E-state index in [4.69, 9.17) is 5.21 Å². The van der Waals surface area contributed by atoms with E-state index < -0.39 is 0 Å². The number of Topliss-reactive ketones (excluding diaryl/α,β-unsaturated/α-hetero) is 1. The first kappa shape index (κ1) is 10.4. The van der Waals surface area contributed by atoms with Gasteiger partial charge in [0, 0.05) is 12.6 Å². The molecule has 0 aromatic heterocycles. The van der Waals surface area contributed by atoms with Crippen molar-refractivity contribution in [2.24, 2.45) is 4.99 Å². The van der Waals surface area contributed by atoms with Gasteiger partial charge < -0.3 is 0 Å². The number of aryl methyl sites for hydroxylation is 1. The molecule has 0 spiro atoms. The maximum atomic E-state index is 11.6. The van der Waals surface area contributed by atoms with Crippen LogP contribution in [0, 0.1) is 6.92 Å². The van der Waals surface area contributed by atoms with Gasteiger partial charge in [0.25, 0.3) is 0 Å². The molecule has 1 rings (SSSR count). The number of hydroxylamine groups is 1. The maximum absolute atomic E-state index is 11.6. The quantitative estimate of drug-likeness (QED) is 0.320. The summed E-state index contributed by atoms with van der Waals surface area (Å²) in [5.41, 5.74) is 3.34. The van der Waals surface area contributed by atoms with Crippen molar-refractivity contribution in [3.8, 4) is 0 Å². The van der Waals surface area contributed by atoms with Gasteiger partial charge in [0.1, 0.15) is 0 Å². The normalized spacial score (nSPS) is 11.2. The standard InChI is InChI=1S/C10H12N2O2/c1-7-3-5-8(6-4-7)9(13)10(11-2)12-14/h3-6,14H,1-2H3,(H,11,12). The molecule has 0 saturated carbocycles. The first-order valence-electron chi connectivity index (χ1n) is 4.17. The van der Waals surface area contributed by atoms with Crippen LogP contribution in [-0.2, 0) is 0 Å². The summed E-state index contributed by atoms with van der Waals surface area (Å²) in [7, 11) is 1.44. The summed E-state index contributed by atoms with van der Waals surface area (Å²) in [5.74, 6) is -0.385. The minimum absolute atomic E-state index is 0.0612. The molecule has 4 nitrogen and oxygen atoms in total. The SMILES string of the molecule is CN=C(NO)C(=O)c1ccc(C)cc1. The summed E-state index contributed by atoms with van der Waals surface area (Å²) < 4.78 is 0. The molecule has 4 heteroatoms. The number of nitrogens with one attached hydrogen (secondary N) is 1. The Morgan fingerprint density at radius 2 is 1.93 bits per heavy atom. The fourth-order valence-corrected chi connectivity index (χ4v) is 1.04. The highest BCUT2D eigenvalue weighted by atomic mass is 16.5. The van der Waals surface area contributed by atoms with Gasteiger partial charge in [-0.05, 0) is 6.92 Å². The predicted octanol–water partition coefficient (Wildman–Crippen LogP) is 1.18. The van der Waals surface area contributed by atoms with E-state index in [0.29, 0.717) is 5.56 Å². The summed E-state index contributed by atoms with van der Waals surface area (Å²) in [6.07, 6.45) is 0. The van der Waals surface area contributed by atoms with E-state index in [1.165, 1.54) is 7.05 Å². The van der Waals surface area contributed by atoms with Crippen molar-refractivity contribution in [1.82, 2.24) is 5.48 Å². The molecular weight excluding hydrogens is 180 g/mol. The van der Waals surface area contributed by atoms with Gasteiger partial charge in [-0.2, -0.15) is 0 Å². The van der Waals surface area contributed by atoms with Gasteiger partial charge in [-0.1, -0.05) is 29.8 Å². The van der Waals surface area contributed by atoms with Crippen LogP contribution in [0.15, 0.2) is 29.3 Å². The molecule has 0 heterocycles. The minimum Gasteiger partial charge on any atom is -0.290 e. The topological polar surface area (TPSA) is 61.7 Å². The van der Waals surface area contributed by atoms with Crippen LogP contribution in [0.25, 0.3) is 0 Å². The number of ketones is 1. The summed E-state index contributed by atoms with van der Waals surface area (Å²) in [6, 6.07) is 7.05. The second-order valence-electron chi connectivity index (χ2n) is 2.88. The molecule has 0 saturated heterocycles. The van der Waals surface area contributed by atoms with Gasteiger partial charge in [0.2, 0.25) is 5.78 Å². The lowest BCUT2D eigenvalue weighted by Crippen LogP contribution is -2.28. The van der Waals surface area contributed by atoms with E-state index in [2.05, 4.69) is 4.99 Å². The fraction of sp³-hybridized carbons (Fsp3) is 0.200. The van der Waals surface area contributed by atoms with Gasteiger partial charge in [0.15, 0.2) is 5.84 Å². The Balaban J connectivity index is 2.95. The first-order chi connectivity index (χ1) is 6.69. The van der Waals surface area contributed by atoms with Crippen molar-refractivity contribution in [1.29, 1.82) is 0 Å². The molecule has 0 aliphatic carbocycles. The number of aliphatic imine (C=N–C) groups is 1. The molecular formula is C10H12N2O2. The Hall–Kier alpha value is -1.68. The van der Waals surface area contributed by atoms with Gasteiger partial charge >= 0.3 is 0 Å². The van der Waals surface area contributed by atoms with Crippen LogP contribution < -0.4 is 5.48 Å². The molecule has 1 aromatic carbocycles. The number of carbonyl (C=O) groups is 1. The number of hydrogen-bond donors (Lipinski definition) is 2. The van der Waals surface area contributed by atoms with Crippen LogP contribution in [0.1, 0.15) is 15.9 Å². The second kappa shape index (κ2) is 4.53.